The molecule has 0 aromatic heterocycles. The van der Waals surface area contributed by atoms with Crippen LogP contribution < -0.4 is 0 Å². The first kappa shape index (κ1) is 9.69. The second kappa shape index (κ2) is 3.37. The molecule has 1 nitrogen and oxygen atoms in total. The Labute approximate surface area is 94.4 Å². The van der Waals surface area contributed by atoms with Crippen LogP contribution in [0, 0.1) is 0 Å². The summed E-state index contributed by atoms with van der Waals surface area (Å²) in [6.45, 7) is 0.265. The molecule has 0 saturated heterocycles. The highest BCUT2D eigenvalue weighted by molar-refractivity contribution is 9.13. The molecule has 1 fully saturated rings. The molecule has 3 heteroatoms. The zero-order valence-corrected chi connectivity index (χ0v) is 10.2. The van der Waals surface area contributed by atoms with Crippen LogP contribution in [-0.2, 0) is 5.41 Å². The molecule has 2 rings (SSSR count). The average molecular weight is 306 g/mol. The van der Waals surface area contributed by atoms with Crippen LogP contribution in [-0.4, -0.2) is 11.7 Å². The molecule has 1 aromatic rings. The number of hydrogen-bond donors (Lipinski definition) is 1. The summed E-state index contributed by atoms with van der Waals surface area (Å²) in [6, 6.07) is 6.19. The lowest BCUT2D eigenvalue weighted by molar-refractivity contribution is 0.255. The molecule has 0 amide bonds. The second-order valence-electron chi connectivity index (χ2n) is 3.57. The monoisotopic (exact) mass is 304 g/mol. The Kier molecular flexibility index (Phi) is 2.51. The predicted molar refractivity (Wildman–Crippen MR) is 59.8 cm³/mol. The van der Waals surface area contributed by atoms with Gasteiger partial charge in [0.1, 0.15) is 0 Å². The molecular formula is C10H10Br2O. The van der Waals surface area contributed by atoms with E-state index in [-0.39, 0.29) is 12.0 Å². The summed E-state index contributed by atoms with van der Waals surface area (Å²) in [5, 5.41) is 9.24. The first-order chi connectivity index (χ1) is 6.18. The van der Waals surface area contributed by atoms with Gasteiger partial charge in [-0.1, -0.05) is 6.07 Å². The Hall–Kier alpha value is 0.140. The molecule has 0 spiro atoms. The molecule has 0 aliphatic heterocycles. The lowest BCUT2D eigenvalue weighted by Gasteiger charge is -2.12. The molecule has 13 heavy (non-hydrogen) atoms. The lowest BCUT2D eigenvalue weighted by atomic mass is 9.97. The quantitative estimate of drug-likeness (QED) is 0.889. The normalized spacial score (nSPS) is 18.7. The van der Waals surface area contributed by atoms with Gasteiger partial charge in [0.2, 0.25) is 0 Å². The van der Waals surface area contributed by atoms with Gasteiger partial charge in [-0.2, -0.15) is 0 Å². The van der Waals surface area contributed by atoms with Crippen LogP contribution in [0.5, 0.6) is 0 Å². The Balaban J connectivity index is 2.37. The Bertz CT molecular complexity index is 332. The van der Waals surface area contributed by atoms with Crippen LogP contribution in [0.4, 0.5) is 0 Å². The van der Waals surface area contributed by atoms with Gasteiger partial charge in [0.05, 0.1) is 6.61 Å². The highest BCUT2D eigenvalue weighted by atomic mass is 79.9. The summed E-state index contributed by atoms with van der Waals surface area (Å²) in [5.41, 5.74) is 1.31. The fraction of sp³-hybridized carbons (Fsp3) is 0.400. The zero-order chi connectivity index (χ0) is 9.47. The van der Waals surface area contributed by atoms with E-state index in [9.17, 15) is 5.11 Å². The molecule has 1 N–H and O–H groups in total. The highest BCUT2D eigenvalue weighted by Crippen LogP contribution is 2.48. The summed E-state index contributed by atoms with van der Waals surface area (Å²) >= 11 is 6.90. The van der Waals surface area contributed by atoms with Gasteiger partial charge < -0.3 is 5.11 Å². The third kappa shape index (κ3) is 1.69. The lowest BCUT2D eigenvalue weighted by Crippen LogP contribution is -2.11. The summed E-state index contributed by atoms with van der Waals surface area (Å²) in [4.78, 5) is 0. The van der Waals surface area contributed by atoms with Crippen molar-refractivity contribution >= 4 is 31.9 Å². The molecule has 1 aliphatic carbocycles. The Morgan fingerprint density at radius 1 is 1.23 bits per heavy atom. The van der Waals surface area contributed by atoms with E-state index < -0.39 is 0 Å². The Morgan fingerprint density at radius 2 is 1.92 bits per heavy atom. The molecule has 70 valence electrons. The van der Waals surface area contributed by atoms with E-state index in [1.165, 1.54) is 5.56 Å². The van der Waals surface area contributed by atoms with Crippen LogP contribution in [0.1, 0.15) is 18.4 Å². The maximum atomic E-state index is 9.24. The number of aliphatic hydroxyl groups excluding tert-OH is 1. The zero-order valence-electron chi connectivity index (χ0n) is 7.06. The van der Waals surface area contributed by atoms with Crippen molar-refractivity contribution in [3.8, 4) is 0 Å². The molecule has 0 unspecified atom stereocenters. The molecule has 0 radical (unpaired) electrons. The van der Waals surface area contributed by atoms with E-state index in [2.05, 4.69) is 44.0 Å². The minimum atomic E-state index is 0.0726. The van der Waals surface area contributed by atoms with E-state index in [0.717, 1.165) is 21.8 Å². The number of halogens is 2. The number of rotatable bonds is 2. The van der Waals surface area contributed by atoms with Crippen molar-refractivity contribution in [2.24, 2.45) is 0 Å². The van der Waals surface area contributed by atoms with Crippen LogP contribution in [0.15, 0.2) is 27.1 Å². The van der Waals surface area contributed by atoms with E-state index >= 15 is 0 Å². The fourth-order valence-corrected chi connectivity index (χ4v) is 2.14. The van der Waals surface area contributed by atoms with Crippen molar-refractivity contribution in [3.05, 3.63) is 32.7 Å². The predicted octanol–water partition coefficient (Wildman–Crippen LogP) is 3.24. The van der Waals surface area contributed by atoms with Gasteiger partial charge in [0, 0.05) is 14.4 Å². The van der Waals surface area contributed by atoms with Crippen LogP contribution in [0.25, 0.3) is 0 Å². The number of aliphatic hydroxyl groups is 1. The van der Waals surface area contributed by atoms with Crippen molar-refractivity contribution < 1.29 is 5.11 Å². The first-order valence-electron chi connectivity index (χ1n) is 4.24. The minimum Gasteiger partial charge on any atom is -0.395 e. The second-order valence-corrected chi connectivity index (χ2v) is 5.28. The highest BCUT2D eigenvalue weighted by Gasteiger charge is 2.43. The molecule has 1 aromatic carbocycles. The van der Waals surface area contributed by atoms with Crippen molar-refractivity contribution in [2.75, 3.05) is 6.61 Å². The largest absolute Gasteiger partial charge is 0.395 e. The number of hydrogen-bond acceptors (Lipinski definition) is 1. The summed E-state index contributed by atoms with van der Waals surface area (Å²) in [5.74, 6) is 0. The van der Waals surface area contributed by atoms with Gasteiger partial charge in [-0.3, -0.25) is 0 Å². The van der Waals surface area contributed by atoms with Crippen LogP contribution in [0.2, 0.25) is 0 Å². The van der Waals surface area contributed by atoms with Gasteiger partial charge in [0.25, 0.3) is 0 Å². The van der Waals surface area contributed by atoms with Gasteiger partial charge >= 0.3 is 0 Å². The molecule has 1 saturated carbocycles. The first-order valence-corrected chi connectivity index (χ1v) is 5.83. The molecule has 1 aliphatic rings. The average Bonchev–Trinajstić information content (AvgIpc) is 2.90. The fourth-order valence-electron chi connectivity index (χ4n) is 1.51. The van der Waals surface area contributed by atoms with E-state index in [0.29, 0.717) is 0 Å². The van der Waals surface area contributed by atoms with Gasteiger partial charge in [-0.05, 0) is 62.4 Å². The van der Waals surface area contributed by atoms with Crippen molar-refractivity contribution in [1.29, 1.82) is 0 Å². The SMILES string of the molecule is OCC1(c2ccc(Br)c(Br)c2)CC1. The maximum Gasteiger partial charge on any atom is 0.0527 e. The number of benzene rings is 1. The summed E-state index contributed by atoms with van der Waals surface area (Å²) in [6.07, 6.45) is 2.22. The van der Waals surface area contributed by atoms with E-state index in [1.807, 2.05) is 6.07 Å². The standard InChI is InChI=1S/C10H10Br2O/c11-8-2-1-7(5-9(8)12)10(6-13)3-4-10/h1-2,5,13H,3-4,6H2. The van der Waals surface area contributed by atoms with Crippen molar-refractivity contribution in [2.45, 2.75) is 18.3 Å². The van der Waals surface area contributed by atoms with Gasteiger partial charge in [-0.15, -0.1) is 0 Å². The topological polar surface area (TPSA) is 20.2 Å². The van der Waals surface area contributed by atoms with Crippen LogP contribution in [0.3, 0.4) is 0 Å². The van der Waals surface area contributed by atoms with Crippen molar-refractivity contribution in [1.82, 2.24) is 0 Å². The maximum absolute atomic E-state index is 9.24. The third-order valence-corrected chi connectivity index (χ3v) is 4.57. The smallest absolute Gasteiger partial charge is 0.0527 e. The summed E-state index contributed by atoms with van der Waals surface area (Å²) < 4.78 is 2.12. The minimum absolute atomic E-state index is 0.0726. The summed E-state index contributed by atoms with van der Waals surface area (Å²) in [7, 11) is 0. The van der Waals surface area contributed by atoms with Crippen molar-refractivity contribution in [3.63, 3.8) is 0 Å². The molecule has 0 atom stereocenters. The van der Waals surface area contributed by atoms with E-state index in [1.54, 1.807) is 0 Å². The molecular weight excluding hydrogens is 296 g/mol. The third-order valence-electron chi connectivity index (χ3n) is 2.69. The molecule has 0 heterocycles. The van der Waals surface area contributed by atoms with Gasteiger partial charge in [-0.25, -0.2) is 0 Å². The van der Waals surface area contributed by atoms with Crippen LogP contribution >= 0.6 is 31.9 Å². The Morgan fingerprint density at radius 3 is 2.38 bits per heavy atom. The van der Waals surface area contributed by atoms with E-state index in [4.69, 9.17) is 0 Å². The molecule has 0 bridgehead atoms. The van der Waals surface area contributed by atoms with Gasteiger partial charge in [0.15, 0.2) is 0 Å².